The van der Waals surface area contributed by atoms with Crippen molar-refractivity contribution in [2.75, 3.05) is 11.9 Å². The lowest BCUT2D eigenvalue weighted by molar-refractivity contribution is -0.137. The molecule has 0 radical (unpaired) electrons. The van der Waals surface area contributed by atoms with Gasteiger partial charge < -0.3 is 10.4 Å². The van der Waals surface area contributed by atoms with Crippen molar-refractivity contribution in [2.45, 2.75) is 31.5 Å². The quantitative estimate of drug-likeness (QED) is 0.677. The standard InChI is InChI=1S/C18H17ClF3N5O/c1-17(28)5-10(6-17)7-24-16-26-25-15(14-8-23-9-27(14)16)12-3-2-11(19)4-13(12)18(20,21)22/h2-4,8-10,28H,5-7H2,1H3,(H,24,26)/t10-,17+. The maximum Gasteiger partial charge on any atom is 0.417 e. The van der Waals surface area contributed by atoms with Crippen LogP contribution >= 0.6 is 11.6 Å². The molecule has 0 aliphatic heterocycles. The molecule has 1 fully saturated rings. The van der Waals surface area contributed by atoms with E-state index in [0.29, 0.717) is 36.8 Å². The normalized spacial score (nSPS) is 22.3. The monoisotopic (exact) mass is 411 g/mol. The van der Waals surface area contributed by atoms with Crippen LogP contribution in [-0.2, 0) is 6.18 Å². The molecular formula is C18H17ClF3N5O. The number of fused-ring (bicyclic) bond motifs is 1. The van der Waals surface area contributed by atoms with E-state index in [9.17, 15) is 18.3 Å². The molecule has 0 spiro atoms. The highest BCUT2D eigenvalue weighted by Gasteiger charge is 2.38. The van der Waals surface area contributed by atoms with Crippen LogP contribution in [0.5, 0.6) is 0 Å². The van der Waals surface area contributed by atoms with E-state index in [-0.39, 0.29) is 16.3 Å². The summed E-state index contributed by atoms with van der Waals surface area (Å²) in [6, 6.07) is 3.54. The second kappa shape index (κ2) is 6.59. The van der Waals surface area contributed by atoms with Gasteiger partial charge in [0.25, 0.3) is 0 Å². The van der Waals surface area contributed by atoms with Crippen molar-refractivity contribution in [1.82, 2.24) is 19.6 Å². The number of imidazole rings is 1. The second-order valence-corrected chi connectivity index (χ2v) is 7.80. The Hall–Kier alpha value is -2.39. The smallest absolute Gasteiger partial charge is 0.390 e. The van der Waals surface area contributed by atoms with Gasteiger partial charge in [-0.1, -0.05) is 17.7 Å². The van der Waals surface area contributed by atoms with Gasteiger partial charge in [0, 0.05) is 17.1 Å². The minimum atomic E-state index is -4.59. The fraction of sp³-hybridized carbons (Fsp3) is 0.389. The molecule has 0 amide bonds. The third-order valence-electron chi connectivity index (χ3n) is 4.90. The van der Waals surface area contributed by atoms with Crippen molar-refractivity contribution in [1.29, 1.82) is 0 Å². The molecule has 0 atom stereocenters. The molecule has 2 heterocycles. The Labute approximate surface area is 163 Å². The maximum absolute atomic E-state index is 13.5. The number of nitrogens with zero attached hydrogens (tertiary/aromatic N) is 4. The number of hydrogen-bond donors (Lipinski definition) is 2. The van der Waals surface area contributed by atoms with Gasteiger partial charge in [-0.05, 0) is 37.8 Å². The lowest BCUT2D eigenvalue weighted by Crippen LogP contribution is -2.43. The zero-order chi connectivity index (χ0) is 20.1. The largest absolute Gasteiger partial charge is 0.417 e. The van der Waals surface area contributed by atoms with E-state index >= 15 is 0 Å². The highest BCUT2D eigenvalue weighted by atomic mass is 35.5. The predicted molar refractivity (Wildman–Crippen MR) is 98.1 cm³/mol. The van der Waals surface area contributed by atoms with Gasteiger partial charge in [0.05, 0.1) is 22.9 Å². The first kappa shape index (κ1) is 18.9. The highest BCUT2D eigenvalue weighted by molar-refractivity contribution is 6.30. The Kier molecular flexibility index (Phi) is 4.46. The number of hydrogen-bond acceptors (Lipinski definition) is 5. The number of benzene rings is 1. The maximum atomic E-state index is 13.5. The van der Waals surface area contributed by atoms with Crippen molar-refractivity contribution in [3.8, 4) is 11.3 Å². The average molecular weight is 412 g/mol. The molecule has 3 aromatic rings. The van der Waals surface area contributed by atoms with Crippen molar-refractivity contribution in [2.24, 2.45) is 5.92 Å². The van der Waals surface area contributed by atoms with E-state index in [1.165, 1.54) is 24.7 Å². The fourth-order valence-electron chi connectivity index (χ4n) is 3.67. The number of aliphatic hydroxyl groups is 1. The van der Waals surface area contributed by atoms with Crippen LogP contribution in [0.1, 0.15) is 25.3 Å². The van der Waals surface area contributed by atoms with Gasteiger partial charge in [-0.2, -0.15) is 13.2 Å². The van der Waals surface area contributed by atoms with Gasteiger partial charge in [0.2, 0.25) is 5.95 Å². The van der Waals surface area contributed by atoms with Crippen LogP contribution < -0.4 is 5.32 Å². The summed E-state index contributed by atoms with van der Waals surface area (Å²) < 4.78 is 42.0. The van der Waals surface area contributed by atoms with Crippen molar-refractivity contribution < 1.29 is 18.3 Å². The summed E-state index contributed by atoms with van der Waals surface area (Å²) in [5.41, 5.74) is -1.16. The van der Waals surface area contributed by atoms with Crippen LogP contribution in [0.4, 0.5) is 19.1 Å². The molecular weight excluding hydrogens is 395 g/mol. The predicted octanol–water partition coefficient (Wildman–Crippen LogP) is 4.04. The molecule has 148 valence electrons. The lowest BCUT2D eigenvalue weighted by Gasteiger charge is -2.41. The molecule has 28 heavy (non-hydrogen) atoms. The third kappa shape index (κ3) is 3.51. The van der Waals surface area contributed by atoms with Gasteiger partial charge in [-0.3, -0.25) is 4.40 Å². The molecule has 6 nitrogen and oxygen atoms in total. The molecule has 4 rings (SSSR count). The Morgan fingerprint density at radius 2 is 2.07 bits per heavy atom. The van der Waals surface area contributed by atoms with Crippen LogP contribution in [0.2, 0.25) is 5.02 Å². The van der Waals surface area contributed by atoms with E-state index in [2.05, 4.69) is 20.5 Å². The minimum Gasteiger partial charge on any atom is -0.390 e. The number of anilines is 1. The van der Waals surface area contributed by atoms with Gasteiger partial charge in [0.15, 0.2) is 0 Å². The van der Waals surface area contributed by atoms with Crippen LogP contribution in [-0.4, -0.2) is 36.8 Å². The molecule has 2 aromatic heterocycles. The Morgan fingerprint density at radius 1 is 1.32 bits per heavy atom. The summed E-state index contributed by atoms with van der Waals surface area (Å²) in [5, 5.41) is 21.1. The second-order valence-electron chi connectivity index (χ2n) is 7.36. The molecule has 1 aromatic carbocycles. The van der Waals surface area contributed by atoms with Crippen molar-refractivity contribution in [3.05, 3.63) is 41.3 Å². The van der Waals surface area contributed by atoms with Crippen molar-refractivity contribution in [3.63, 3.8) is 0 Å². The lowest BCUT2D eigenvalue weighted by atomic mass is 9.72. The molecule has 10 heteroatoms. The summed E-state index contributed by atoms with van der Waals surface area (Å²) in [7, 11) is 0. The summed E-state index contributed by atoms with van der Waals surface area (Å²) in [6.07, 6.45) is -0.318. The Balaban J connectivity index is 1.69. The van der Waals surface area contributed by atoms with Gasteiger partial charge >= 0.3 is 6.18 Å². The molecule has 1 aliphatic rings. The fourth-order valence-corrected chi connectivity index (χ4v) is 3.84. The topological polar surface area (TPSA) is 75.3 Å². The van der Waals surface area contributed by atoms with Crippen LogP contribution in [0.15, 0.2) is 30.7 Å². The molecule has 1 aliphatic carbocycles. The van der Waals surface area contributed by atoms with E-state index in [4.69, 9.17) is 11.6 Å². The van der Waals surface area contributed by atoms with Gasteiger partial charge in [0.1, 0.15) is 12.0 Å². The highest BCUT2D eigenvalue weighted by Crippen LogP contribution is 2.39. The number of aromatic nitrogens is 4. The van der Waals surface area contributed by atoms with Crippen LogP contribution in [0.3, 0.4) is 0 Å². The zero-order valence-electron chi connectivity index (χ0n) is 14.8. The van der Waals surface area contributed by atoms with E-state index < -0.39 is 17.3 Å². The van der Waals surface area contributed by atoms with E-state index in [0.717, 1.165) is 6.07 Å². The Morgan fingerprint density at radius 3 is 2.75 bits per heavy atom. The minimum absolute atomic E-state index is 0.0109. The molecule has 2 N–H and O–H groups in total. The first-order chi connectivity index (χ1) is 13.1. The summed E-state index contributed by atoms with van der Waals surface area (Å²) >= 11 is 5.76. The molecule has 0 bridgehead atoms. The molecule has 0 unspecified atom stereocenters. The number of halogens is 4. The van der Waals surface area contributed by atoms with Crippen LogP contribution in [0.25, 0.3) is 16.8 Å². The summed E-state index contributed by atoms with van der Waals surface area (Å²) in [5.74, 6) is 0.675. The van der Waals surface area contributed by atoms with Gasteiger partial charge in [-0.15, -0.1) is 10.2 Å². The zero-order valence-corrected chi connectivity index (χ0v) is 15.6. The van der Waals surface area contributed by atoms with Crippen molar-refractivity contribution >= 4 is 23.1 Å². The molecule has 0 saturated heterocycles. The number of alkyl halides is 3. The van der Waals surface area contributed by atoms with Gasteiger partial charge in [-0.25, -0.2) is 4.98 Å². The SMILES string of the molecule is C[C@]1(O)C[C@@H](CNc2nnc(-c3ccc(Cl)cc3C(F)(F)F)c3cncn23)C1. The van der Waals surface area contributed by atoms with E-state index in [1.54, 1.807) is 11.3 Å². The molecule has 1 saturated carbocycles. The Bertz CT molecular complexity index is 1030. The average Bonchev–Trinajstić information content (AvgIpc) is 3.07. The third-order valence-corrected chi connectivity index (χ3v) is 5.14. The first-order valence-corrected chi connectivity index (χ1v) is 9.04. The summed E-state index contributed by atoms with van der Waals surface area (Å²) in [6.45, 7) is 2.36. The number of nitrogens with one attached hydrogen (secondary N) is 1. The van der Waals surface area contributed by atoms with Crippen LogP contribution in [0, 0.1) is 5.92 Å². The van der Waals surface area contributed by atoms with E-state index in [1.807, 2.05) is 0 Å². The first-order valence-electron chi connectivity index (χ1n) is 8.66. The number of rotatable bonds is 4. The summed E-state index contributed by atoms with van der Waals surface area (Å²) in [4.78, 5) is 4.04.